The smallest absolute Gasteiger partial charge is 0.238 e. The van der Waals surface area contributed by atoms with Gasteiger partial charge in [0, 0.05) is 44.3 Å². The first-order chi connectivity index (χ1) is 16.1. The van der Waals surface area contributed by atoms with Gasteiger partial charge in [-0.05, 0) is 54.7 Å². The van der Waals surface area contributed by atoms with Crippen LogP contribution < -0.4 is 15.5 Å². The molecule has 0 spiro atoms. The van der Waals surface area contributed by atoms with Crippen molar-refractivity contribution in [3.05, 3.63) is 29.6 Å². The van der Waals surface area contributed by atoms with Gasteiger partial charge in [-0.3, -0.25) is 9.69 Å². The van der Waals surface area contributed by atoms with E-state index in [9.17, 15) is 14.4 Å². The summed E-state index contributed by atoms with van der Waals surface area (Å²) in [4.78, 5) is 17.5. The fourth-order valence-corrected chi connectivity index (χ4v) is 6.63. The molecule has 4 aliphatic heterocycles. The summed E-state index contributed by atoms with van der Waals surface area (Å²) < 4.78 is 20.3. The van der Waals surface area contributed by atoms with Crippen LogP contribution in [0.25, 0.3) is 0 Å². The molecule has 4 saturated heterocycles. The van der Waals surface area contributed by atoms with E-state index >= 15 is 0 Å². The topological polar surface area (TPSA) is 80.6 Å². The number of anilines is 1. The molecule has 6 rings (SSSR count). The number of hydrogen-bond donors (Lipinski definition) is 2. The van der Waals surface area contributed by atoms with Gasteiger partial charge in [-0.25, -0.2) is 4.39 Å². The Bertz CT molecular complexity index is 949. The molecule has 0 aromatic heterocycles. The number of piperidine rings is 1. The van der Waals surface area contributed by atoms with E-state index < -0.39 is 6.04 Å². The molecule has 5 aliphatic rings. The van der Waals surface area contributed by atoms with Crippen molar-refractivity contribution in [2.75, 3.05) is 44.3 Å². The molecular weight excluding hydrogens is 421 g/mol. The lowest BCUT2D eigenvalue weighted by molar-refractivity contribution is -0.124. The van der Waals surface area contributed by atoms with Crippen molar-refractivity contribution in [3.8, 4) is 6.07 Å². The number of fused-ring (bicyclic) bond motifs is 3. The molecule has 2 N–H and O–H groups in total. The van der Waals surface area contributed by atoms with Gasteiger partial charge in [-0.15, -0.1) is 0 Å². The van der Waals surface area contributed by atoms with E-state index in [0.717, 1.165) is 64.3 Å². The molecule has 0 radical (unpaired) electrons. The number of carbonyl (C=O) groups is 1. The molecule has 5 fully saturated rings. The van der Waals surface area contributed by atoms with Crippen molar-refractivity contribution in [2.24, 2.45) is 17.8 Å². The van der Waals surface area contributed by atoms with Gasteiger partial charge in [0.25, 0.3) is 0 Å². The van der Waals surface area contributed by atoms with E-state index in [1.807, 2.05) is 6.07 Å². The van der Waals surface area contributed by atoms with Crippen molar-refractivity contribution in [1.29, 1.82) is 5.26 Å². The van der Waals surface area contributed by atoms with Crippen LogP contribution in [-0.4, -0.2) is 74.4 Å². The number of amides is 1. The number of nitriles is 1. The maximum Gasteiger partial charge on any atom is 0.238 e. The average Bonchev–Trinajstić information content (AvgIpc) is 3.53. The molecule has 4 heterocycles. The average molecular weight is 454 g/mol. The number of ether oxygens (including phenoxy) is 1. The maximum atomic E-state index is 15.0. The lowest BCUT2D eigenvalue weighted by Crippen LogP contribution is -2.50. The van der Waals surface area contributed by atoms with Gasteiger partial charge < -0.3 is 20.3 Å². The molecule has 5 unspecified atom stereocenters. The van der Waals surface area contributed by atoms with Gasteiger partial charge in [0.1, 0.15) is 11.9 Å². The molecule has 1 aromatic rings. The molecule has 1 amide bonds. The van der Waals surface area contributed by atoms with Crippen LogP contribution in [0, 0.1) is 34.9 Å². The largest absolute Gasteiger partial charge is 0.378 e. The Kier molecular flexibility index (Phi) is 5.52. The molecule has 33 heavy (non-hydrogen) atoms. The number of nitrogens with one attached hydrogen (secondary N) is 2. The van der Waals surface area contributed by atoms with E-state index in [2.05, 4.69) is 26.5 Å². The maximum absolute atomic E-state index is 15.0. The second kappa shape index (κ2) is 8.53. The summed E-state index contributed by atoms with van der Waals surface area (Å²) >= 11 is 0. The number of rotatable bonds is 6. The first-order valence-corrected chi connectivity index (χ1v) is 12.4. The first-order valence-electron chi connectivity index (χ1n) is 12.4. The third-order valence-electron chi connectivity index (χ3n) is 8.59. The number of hydrogen-bond acceptors (Lipinski definition) is 6. The second-order valence-corrected chi connectivity index (χ2v) is 10.7. The van der Waals surface area contributed by atoms with E-state index in [-0.39, 0.29) is 24.2 Å². The van der Waals surface area contributed by atoms with Crippen LogP contribution >= 0.6 is 0 Å². The summed E-state index contributed by atoms with van der Waals surface area (Å²) in [5, 5.41) is 15.8. The van der Waals surface area contributed by atoms with Crippen molar-refractivity contribution in [2.45, 2.75) is 49.9 Å². The van der Waals surface area contributed by atoms with Crippen molar-refractivity contribution < 1.29 is 13.9 Å². The summed E-state index contributed by atoms with van der Waals surface area (Å²) in [6.07, 6.45) is 3.41. The zero-order chi connectivity index (χ0) is 22.5. The zero-order valence-corrected chi connectivity index (χ0v) is 18.9. The van der Waals surface area contributed by atoms with Gasteiger partial charge in [0.15, 0.2) is 0 Å². The number of likely N-dealkylation sites (tertiary alicyclic amines) is 1. The highest BCUT2D eigenvalue weighted by Crippen LogP contribution is 2.37. The molecule has 6 atom stereocenters. The predicted octanol–water partition coefficient (Wildman–Crippen LogP) is 1.28. The van der Waals surface area contributed by atoms with Gasteiger partial charge in [0.2, 0.25) is 5.91 Å². The molecule has 7 nitrogen and oxygen atoms in total. The zero-order valence-electron chi connectivity index (χ0n) is 18.9. The number of benzene rings is 1. The Morgan fingerprint density at radius 3 is 2.58 bits per heavy atom. The Balaban J connectivity index is 1.05. The third kappa shape index (κ3) is 4.01. The van der Waals surface area contributed by atoms with Crippen molar-refractivity contribution >= 4 is 11.6 Å². The minimum absolute atomic E-state index is 0.128. The van der Waals surface area contributed by atoms with Gasteiger partial charge in [-0.2, -0.15) is 5.26 Å². The van der Waals surface area contributed by atoms with E-state index in [1.165, 1.54) is 0 Å². The highest BCUT2D eigenvalue weighted by Gasteiger charge is 2.44. The molecule has 1 aliphatic carbocycles. The van der Waals surface area contributed by atoms with Crippen LogP contribution in [0.4, 0.5) is 10.1 Å². The van der Waals surface area contributed by atoms with Gasteiger partial charge in [-0.1, -0.05) is 6.07 Å². The number of carbonyl (C=O) groups excluding carboxylic acids is 1. The summed E-state index contributed by atoms with van der Waals surface area (Å²) in [5.74, 6) is 1.19. The molecule has 2 bridgehead atoms. The van der Waals surface area contributed by atoms with Gasteiger partial charge in [0.05, 0.1) is 31.4 Å². The lowest BCUT2D eigenvalue weighted by atomic mass is 9.98. The highest BCUT2D eigenvalue weighted by molar-refractivity contribution is 5.83. The molecule has 1 saturated carbocycles. The second-order valence-electron chi connectivity index (χ2n) is 10.7. The SMILES string of the molecule is N#C[C@H](Cc1ccc(N2CC3CN(C4COC4)CC3C2)cc1F)NC(=O)C1NC2CCC1C2. The van der Waals surface area contributed by atoms with Crippen LogP contribution in [0.5, 0.6) is 0 Å². The lowest BCUT2D eigenvalue weighted by Gasteiger charge is -2.35. The molecule has 176 valence electrons. The minimum Gasteiger partial charge on any atom is -0.378 e. The fourth-order valence-electron chi connectivity index (χ4n) is 6.63. The number of nitrogens with zero attached hydrogens (tertiary/aromatic N) is 3. The van der Waals surface area contributed by atoms with Crippen LogP contribution in [0.1, 0.15) is 24.8 Å². The van der Waals surface area contributed by atoms with E-state index in [1.54, 1.807) is 12.1 Å². The Labute approximate surface area is 194 Å². The third-order valence-corrected chi connectivity index (χ3v) is 8.59. The molecule has 1 aromatic carbocycles. The van der Waals surface area contributed by atoms with E-state index in [4.69, 9.17) is 4.74 Å². The minimum atomic E-state index is -0.730. The van der Waals surface area contributed by atoms with E-state index in [0.29, 0.717) is 35.4 Å². The normalized spacial score (nSPS) is 34.2. The standard InChI is InChI=1S/C25H32FN5O2/c26-23-7-21(30-9-17-11-31(12-18(17)10-30)22-13-33-14-22)4-2-15(23)5-20(8-27)29-25(32)24-16-1-3-19(6-16)28-24/h2,4,7,16-20,22,24,28H,1,3,5-6,9-14H2,(H,29,32)/t16?,17?,18?,19?,20-,24?/m0/s1. The Hall–Kier alpha value is -2.21. The Morgan fingerprint density at radius 1 is 1.21 bits per heavy atom. The Morgan fingerprint density at radius 2 is 2.00 bits per heavy atom. The van der Waals surface area contributed by atoms with Gasteiger partial charge >= 0.3 is 0 Å². The van der Waals surface area contributed by atoms with Crippen LogP contribution in [0.2, 0.25) is 0 Å². The quantitative estimate of drug-likeness (QED) is 0.676. The molecule has 8 heteroatoms. The number of halogens is 1. The summed E-state index contributed by atoms with van der Waals surface area (Å²) in [7, 11) is 0. The fraction of sp³-hybridized carbons (Fsp3) is 0.680. The van der Waals surface area contributed by atoms with Crippen LogP contribution in [0.15, 0.2) is 18.2 Å². The first kappa shape index (κ1) is 21.3. The summed E-state index contributed by atoms with van der Waals surface area (Å²) in [6, 6.07) is 7.56. The van der Waals surface area contributed by atoms with Crippen LogP contribution in [-0.2, 0) is 16.0 Å². The monoisotopic (exact) mass is 453 g/mol. The predicted molar refractivity (Wildman–Crippen MR) is 121 cm³/mol. The highest BCUT2D eigenvalue weighted by atomic mass is 19.1. The van der Waals surface area contributed by atoms with Crippen LogP contribution in [0.3, 0.4) is 0 Å². The molecular formula is C25H32FN5O2. The summed E-state index contributed by atoms with van der Waals surface area (Å²) in [5.41, 5.74) is 1.38. The van der Waals surface area contributed by atoms with Crippen molar-refractivity contribution in [1.82, 2.24) is 15.5 Å². The van der Waals surface area contributed by atoms with Crippen molar-refractivity contribution in [3.63, 3.8) is 0 Å². The summed E-state index contributed by atoms with van der Waals surface area (Å²) in [6.45, 7) is 5.85.